The minimum atomic E-state index is -0.106. The second-order valence-corrected chi connectivity index (χ2v) is 21.9. The van der Waals surface area contributed by atoms with Gasteiger partial charge in [-0.1, -0.05) is 137 Å². The van der Waals surface area contributed by atoms with Crippen LogP contribution in [0.3, 0.4) is 0 Å². The first kappa shape index (κ1) is 37.1. The number of halogens is 2. The van der Waals surface area contributed by atoms with Crippen molar-refractivity contribution in [2.45, 2.75) is 130 Å². The fourth-order valence-corrected chi connectivity index (χ4v) is 10.7. The van der Waals surface area contributed by atoms with Gasteiger partial charge in [0.1, 0.15) is 0 Å². The van der Waals surface area contributed by atoms with Crippen LogP contribution in [0.2, 0.25) is 0 Å². The Morgan fingerprint density at radius 1 is 0.516 bits per heavy atom. The maximum atomic E-state index is 4.81. The first-order valence-corrected chi connectivity index (χ1v) is 18.5. The quantitative estimate of drug-likeness (QED) is 0.160. The molecule has 0 saturated heterocycles. The van der Waals surface area contributed by atoms with Gasteiger partial charge in [-0.05, 0) is 45.8 Å². The van der Waals surface area contributed by atoms with Gasteiger partial charge in [0.15, 0.2) is 0 Å². The molecule has 0 atom stereocenters. The Labute approximate surface area is 216 Å². The van der Waals surface area contributed by atoms with E-state index in [-0.39, 0.29) is 31.8 Å². The van der Waals surface area contributed by atoms with E-state index in [2.05, 4.69) is 121 Å². The van der Waals surface area contributed by atoms with Crippen LogP contribution in [-0.2, 0) is 15.9 Å². The summed E-state index contributed by atoms with van der Waals surface area (Å²) in [5, 5.41) is 1.86. The molecule has 0 amide bonds. The predicted molar refractivity (Wildman–Crippen MR) is 153 cm³/mol. The molecular formula is C26H54Cl2P2Pd. The first-order chi connectivity index (χ1) is 13.8. The number of hydrogen-bond donors (Lipinski definition) is 0. The molecule has 0 saturated carbocycles. The molecule has 192 valence electrons. The third kappa shape index (κ3) is 21.8. The summed E-state index contributed by atoms with van der Waals surface area (Å²) in [5.74, 6) is 0. The molecule has 0 radical (unpaired) electrons. The Morgan fingerprint density at radius 2 is 0.710 bits per heavy atom. The molecule has 0 aromatic carbocycles. The van der Waals surface area contributed by atoms with Gasteiger partial charge in [0.05, 0.1) is 0 Å². The summed E-state index contributed by atoms with van der Waals surface area (Å²) in [6.45, 7) is 32.9. The van der Waals surface area contributed by atoms with E-state index in [1.54, 1.807) is 0 Å². The Hall–Kier alpha value is 1.58. The summed E-state index contributed by atoms with van der Waals surface area (Å²) in [7, 11) is 9.75. The molecule has 0 aliphatic rings. The van der Waals surface area contributed by atoms with Crippen LogP contribution in [0.15, 0.2) is 24.3 Å². The van der Waals surface area contributed by atoms with E-state index in [0.29, 0.717) is 20.6 Å². The van der Waals surface area contributed by atoms with Crippen molar-refractivity contribution in [2.75, 3.05) is 12.3 Å². The number of allylic oxidation sites excluding steroid dienone is 4. The van der Waals surface area contributed by atoms with E-state index < -0.39 is 0 Å². The third-order valence-electron chi connectivity index (χ3n) is 4.62. The second-order valence-electron chi connectivity index (χ2n) is 11.7. The standard InChI is InChI=1S/2C13H27P.2ClH.Pd/c2*1-8-9-10-11-14(12(2,3)4)13(5,6)7;;;/h2*9-10H,8,11H2,1-7H3;2*1H;/q;;;;+2/p-2. The van der Waals surface area contributed by atoms with Gasteiger partial charge in [-0.3, -0.25) is 0 Å². The van der Waals surface area contributed by atoms with Gasteiger partial charge in [0, 0.05) is 0 Å². The van der Waals surface area contributed by atoms with Crippen LogP contribution < -0.4 is 0 Å². The first-order valence-electron chi connectivity index (χ1n) is 11.5. The van der Waals surface area contributed by atoms with E-state index in [9.17, 15) is 0 Å². The summed E-state index contributed by atoms with van der Waals surface area (Å²) >= 11 is -0.106. The van der Waals surface area contributed by atoms with Crippen LogP contribution in [0.4, 0.5) is 0 Å². The van der Waals surface area contributed by atoms with Crippen LogP contribution in [0.1, 0.15) is 110 Å². The molecule has 0 aromatic heterocycles. The summed E-state index contributed by atoms with van der Waals surface area (Å²) in [6, 6.07) is 0. The van der Waals surface area contributed by atoms with Crippen LogP contribution in [-0.4, -0.2) is 32.9 Å². The molecule has 0 fully saturated rings. The fraction of sp³-hybridized carbons (Fsp3) is 0.846. The van der Waals surface area contributed by atoms with Crippen molar-refractivity contribution < 1.29 is 15.9 Å². The molecule has 5 heteroatoms. The van der Waals surface area contributed by atoms with E-state index in [1.165, 1.54) is 12.3 Å². The summed E-state index contributed by atoms with van der Waals surface area (Å²) in [5.41, 5.74) is 0. The van der Waals surface area contributed by atoms with Crippen molar-refractivity contribution in [1.29, 1.82) is 0 Å². The van der Waals surface area contributed by atoms with Crippen molar-refractivity contribution in [3.8, 4) is 0 Å². The summed E-state index contributed by atoms with van der Waals surface area (Å²) < 4.78 is 0. The molecule has 0 N–H and O–H groups in total. The zero-order chi connectivity index (χ0) is 25.5. The number of hydrogen-bond acceptors (Lipinski definition) is 0. The van der Waals surface area contributed by atoms with Crippen molar-refractivity contribution >= 4 is 34.9 Å². The molecule has 0 aromatic rings. The number of rotatable bonds is 6. The molecule has 0 bridgehead atoms. The predicted octanol–water partition coefficient (Wildman–Crippen LogP) is 11.4. The monoisotopic (exact) mass is 604 g/mol. The molecule has 0 unspecified atom stereocenters. The van der Waals surface area contributed by atoms with E-state index in [0.717, 1.165) is 12.8 Å². The third-order valence-corrected chi connectivity index (χ3v) is 12.2. The van der Waals surface area contributed by atoms with Crippen molar-refractivity contribution in [2.24, 2.45) is 0 Å². The normalized spacial score (nSPS) is 13.6. The van der Waals surface area contributed by atoms with E-state index in [1.807, 2.05) is 0 Å². The SMILES string of the molecule is CCC=CCP(C(C)(C)C)C(C)(C)C.CCC=CCP(C(C)(C)C)C(C)(C)C.[Cl][Pd][Cl]. The van der Waals surface area contributed by atoms with Crippen LogP contribution in [0.25, 0.3) is 0 Å². The van der Waals surface area contributed by atoms with Gasteiger partial charge in [-0.2, -0.15) is 0 Å². The van der Waals surface area contributed by atoms with Gasteiger partial charge >= 0.3 is 35.0 Å². The van der Waals surface area contributed by atoms with Crippen molar-refractivity contribution in [3.63, 3.8) is 0 Å². The average molecular weight is 606 g/mol. The molecule has 0 rings (SSSR count). The molecule has 0 spiro atoms. The van der Waals surface area contributed by atoms with Gasteiger partial charge in [0.2, 0.25) is 0 Å². The maximum absolute atomic E-state index is 4.81. The van der Waals surface area contributed by atoms with Crippen LogP contribution >= 0.6 is 34.9 Å². The van der Waals surface area contributed by atoms with Gasteiger partial charge in [-0.25, -0.2) is 0 Å². The van der Waals surface area contributed by atoms with Gasteiger partial charge < -0.3 is 0 Å². The van der Waals surface area contributed by atoms with E-state index in [4.69, 9.17) is 19.1 Å². The van der Waals surface area contributed by atoms with Gasteiger partial charge in [-0.15, -0.1) is 0 Å². The zero-order valence-electron chi connectivity index (χ0n) is 23.1. The van der Waals surface area contributed by atoms with Crippen LogP contribution in [0, 0.1) is 0 Å². The minimum absolute atomic E-state index is 0.0588. The summed E-state index contributed by atoms with van der Waals surface area (Å²) in [6.07, 6.45) is 14.2. The van der Waals surface area contributed by atoms with Crippen molar-refractivity contribution in [3.05, 3.63) is 24.3 Å². The molecule has 0 nitrogen and oxygen atoms in total. The Bertz CT molecular complexity index is 404. The zero-order valence-corrected chi connectivity index (χ0v) is 28.0. The second kappa shape index (κ2) is 17.9. The van der Waals surface area contributed by atoms with E-state index >= 15 is 0 Å². The fourth-order valence-electron chi connectivity index (χ4n) is 3.80. The topological polar surface area (TPSA) is 0 Å². The van der Waals surface area contributed by atoms with Crippen molar-refractivity contribution in [1.82, 2.24) is 0 Å². The van der Waals surface area contributed by atoms with Crippen LogP contribution in [0.5, 0.6) is 0 Å². The molecule has 0 aliphatic heterocycles. The molecule has 0 aliphatic carbocycles. The molecule has 31 heavy (non-hydrogen) atoms. The van der Waals surface area contributed by atoms with Gasteiger partial charge in [0.25, 0.3) is 0 Å². The average Bonchev–Trinajstić information content (AvgIpc) is 2.52. The Kier molecular flexibility index (Phi) is 21.5. The Morgan fingerprint density at radius 3 is 0.839 bits per heavy atom. The Balaban J connectivity index is -0.000000448. The summed E-state index contributed by atoms with van der Waals surface area (Å²) in [4.78, 5) is 0. The molecular weight excluding hydrogens is 552 g/mol. The molecule has 0 heterocycles.